The smallest absolute Gasteiger partial charge is 0.0895 e. The van der Waals surface area contributed by atoms with E-state index in [1.807, 2.05) is 12.1 Å². The van der Waals surface area contributed by atoms with Crippen LogP contribution in [0.2, 0.25) is 0 Å². The van der Waals surface area contributed by atoms with Crippen molar-refractivity contribution in [1.82, 2.24) is 10.4 Å². The highest BCUT2D eigenvalue weighted by Gasteiger charge is 2.26. The van der Waals surface area contributed by atoms with Crippen molar-refractivity contribution in [2.75, 3.05) is 0 Å². The SMILES string of the molecule is NNC(c1ccccc1C1CCC1)c1ncccc1Br. The van der Waals surface area contributed by atoms with Gasteiger partial charge < -0.3 is 0 Å². The van der Waals surface area contributed by atoms with Gasteiger partial charge in [-0.1, -0.05) is 30.7 Å². The Bertz CT molecular complexity index is 596. The lowest BCUT2D eigenvalue weighted by Crippen LogP contribution is -2.31. The molecule has 1 saturated carbocycles. The number of hydrogen-bond donors (Lipinski definition) is 2. The molecule has 20 heavy (non-hydrogen) atoms. The molecule has 0 amide bonds. The van der Waals surface area contributed by atoms with Crippen LogP contribution in [0.4, 0.5) is 0 Å². The lowest BCUT2D eigenvalue weighted by atomic mass is 9.77. The van der Waals surface area contributed by atoms with E-state index in [1.54, 1.807) is 6.20 Å². The van der Waals surface area contributed by atoms with Crippen molar-refractivity contribution >= 4 is 15.9 Å². The number of hydrazine groups is 1. The highest BCUT2D eigenvalue weighted by molar-refractivity contribution is 9.10. The second kappa shape index (κ2) is 6.04. The molecule has 0 spiro atoms. The summed E-state index contributed by atoms with van der Waals surface area (Å²) in [4.78, 5) is 4.48. The molecular weight excluding hydrogens is 314 g/mol. The molecule has 3 nitrogen and oxygen atoms in total. The van der Waals surface area contributed by atoms with Crippen molar-refractivity contribution in [2.45, 2.75) is 31.2 Å². The standard InChI is InChI=1S/C16H18BrN3/c17-14-9-4-10-19-16(14)15(20-18)13-8-2-1-7-12(13)11-5-3-6-11/h1-2,4,7-11,15,20H,3,5-6,18H2. The van der Waals surface area contributed by atoms with E-state index in [1.165, 1.54) is 30.4 Å². The van der Waals surface area contributed by atoms with Gasteiger partial charge >= 0.3 is 0 Å². The van der Waals surface area contributed by atoms with Gasteiger partial charge in [-0.2, -0.15) is 0 Å². The number of hydrogen-bond acceptors (Lipinski definition) is 3. The van der Waals surface area contributed by atoms with Gasteiger partial charge in [0.15, 0.2) is 0 Å². The third kappa shape index (κ3) is 2.51. The second-order valence-electron chi connectivity index (χ2n) is 5.23. The van der Waals surface area contributed by atoms with E-state index in [0.29, 0.717) is 5.92 Å². The predicted octanol–water partition coefficient (Wildman–Crippen LogP) is 3.66. The van der Waals surface area contributed by atoms with Crippen LogP contribution in [-0.4, -0.2) is 4.98 Å². The molecule has 104 valence electrons. The number of nitrogens with two attached hydrogens (primary N) is 1. The molecule has 1 aliphatic carbocycles. The molecule has 1 aromatic carbocycles. The molecule has 4 heteroatoms. The van der Waals surface area contributed by atoms with E-state index in [4.69, 9.17) is 5.84 Å². The lowest BCUT2D eigenvalue weighted by Gasteiger charge is -2.30. The zero-order chi connectivity index (χ0) is 13.9. The number of pyridine rings is 1. The maximum atomic E-state index is 5.82. The quantitative estimate of drug-likeness (QED) is 0.664. The highest BCUT2D eigenvalue weighted by atomic mass is 79.9. The van der Waals surface area contributed by atoms with Crippen molar-refractivity contribution in [3.63, 3.8) is 0 Å². The van der Waals surface area contributed by atoms with E-state index in [9.17, 15) is 0 Å². The lowest BCUT2D eigenvalue weighted by molar-refractivity contribution is 0.414. The van der Waals surface area contributed by atoms with Crippen LogP contribution in [-0.2, 0) is 0 Å². The zero-order valence-corrected chi connectivity index (χ0v) is 12.8. The van der Waals surface area contributed by atoms with Crippen LogP contribution in [0.15, 0.2) is 47.1 Å². The number of benzene rings is 1. The molecular formula is C16H18BrN3. The molecule has 1 atom stereocenters. The van der Waals surface area contributed by atoms with Crippen molar-refractivity contribution in [3.05, 3.63) is 63.9 Å². The van der Waals surface area contributed by atoms with Gasteiger partial charge in [-0.05, 0) is 57.9 Å². The van der Waals surface area contributed by atoms with Crippen LogP contribution in [0.25, 0.3) is 0 Å². The molecule has 1 aromatic heterocycles. The molecule has 1 unspecified atom stereocenters. The third-order valence-corrected chi connectivity index (χ3v) is 4.75. The average molecular weight is 332 g/mol. The molecule has 0 radical (unpaired) electrons. The first-order valence-electron chi connectivity index (χ1n) is 6.96. The summed E-state index contributed by atoms with van der Waals surface area (Å²) in [5.74, 6) is 6.49. The molecule has 2 aromatic rings. The summed E-state index contributed by atoms with van der Waals surface area (Å²) >= 11 is 3.57. The molecule has 0 bridgehead atoms. The van der Waals surface area contributed by atoms with Crippen LogP contribution in [0, 0.1) is 0 Å². The van der Waals surface area contributed by atoms with E-state index in [0.717, 1.165) is 10.2 Å². The minimum Gasteiger partial charge on any atom is -0.271 e. The Hall–Kier alpha value is -1.23. The van der Waals surface area contributed by atoms with Gasteiger partial charge in [-0.25, -0.2) is 5.43 Å². The Morgan fingerprint density at radius 2 is 2.00 bits per heavy atom. The molecule has 0 saturated heterocycles. The number of nitrogens with zero attached hydrogens (tertiary/aromatic N) is 1. The number of rotatable bonds is 4. The fourth-order valence-corrected chi connectivity index (χ4v) is 3.28. The molecule has 1 fully saturated rings. The van der Waals surface area contributed by atoms with Crippen molar-refractivity contribution in [2.24, 2.45) is 5.84 Å². The van der Waals surface area contributed by atoms with E-state index in [-0.39, 0.29) is 6.04 Å². The largest absolute Gasteiger partial charge is 0.271 e. The molecule has 3 rings (SSSR count). The monoisotopic (exact) mass is 331 g/mol. The Labute approximate surface area is 127 Å². The Kier molecular flexibility index (Phi) is 4.15. The summed E-state index contributed by atoms with van der Waals surface area (Å²) in [6, 6.07) is 12.4. The normalized spacial score (nSPS) is 16.7. The highest BCUT2D eigenvalue weighted by Crippen LogP contribution is 2.40. The summed E-state index contributed by atoms with van der Waals surface area (Å²) in [7, 11) is 0. The summed E-state index contributed by atoms with van der Waals surface area (Å²) in [6.45, 7) is 0. The van der Waals surface area contributed by atoms with Crippen molar-refractivity contribution in [1.29, 1.82) is 0 Å². The molecule has 1 aliphatic rings. The van der Waals surface area contributed by atoms with Gasteiger partial charge in [0.2, 0.25) is 0 Å². The maximum absolute atomic E-state index is 5.82. The van der Waals surface area contributed by atoms with Crippen LogP contribution in [0.1, 0.15) is 48.0 Å². The van der Waals surface area contributed by atoms with Crippen molar-refractivity contribution in [3.8, 4) is 0 Å². The number of aromatic nitrogens is 1. The Morgan fingerprint density at radius 3 is 2.65 bits per heavy atom. The minimum absolute atomic E-state index is 0.0811. The fourth-order valence-electron chi connectivity index (χ4n) is 2.79. The van der Waals surface area contributed by atoms with Gasteiger partial charge in [0.1, 0.15) is 0 Å². The second-order valence-corrected chi connectivity index (χ2v) is 6.08. The topological polar surface area (TPSA) is 50.9 Å². The van der Waals surface area contributed by atoms with Crippen LogP contribution < -0.4 is 11.3 Å². The summed E-state index contributed by atoms with van der Waals surface area (Å²) < 4.78 is 0.978. The summed E-state index contributed by atoms with van der Waals surface area (Å²) in [5, 5.41) is 0. The van der Waals surface area contributed by atoms with E-state index >= 15 is 0 Å². The van der Waals surface area contributed by atoms with Crippen molar-refractivity contribution < 1.29 is 0 Å². The predicted molar refractivity (Wildman–Crippen MR) is 84.1 cm³/mol. The third-order valence-electron chi connectivity index (χ3n) is 4.08. The molecule has 0 aliphatic heterocycles. The fraction of sp³-hybridized carbons (Fsp3) is 0.312. The first-order chi connectivity index (χ1) is 9.81. The maximum Gasteiger partial charge on any atom is 0.0895 e. The van der Waals surface area contributed by atoms with Crippen LogP contribution in [0.5, 0.6) is 0 Å². The van der Waals surface area contributed by atoms with E-state index < -0.39 is 0 Å². The number of halogens is 1. The van der Waals surface area contributed by atoms with Gasteiger partial charge in [0.05, 0.1) is 11.7 Å². The van der Waals surface area contributed by atoms with Gasteiger partial charge in [-0.15, -0.1) is 0 Å². The molecule has 3 N–H and O–H groups in total. The van der Waals surface area contributed by atoms with Crippen LogP contribution >= 0.6 is 15.9 Å². The number of nitrogens with one attached hydrogen (secondary N) is 1. The Balaban J connectivity index is 2.03. The van der Waals surface area contributed by atoms with Gasteiger partial charge in [0, 0.05) is 10.7 Å². The van der Waals surface area contributed by atoms with Gasteiger partial charge in [0.25, 0.3) is 0 Å². The average Bonchev–Trinajstić information content (AvgIpc) is 2.41. The minimum atomic E-state index is -0.0811. The summed E-state index contributed by atoms with van der Waals surface area (Å²) in [6.07, 6.45) is 5.68. The molecule has 1 heterocycles. The first kappa shape index (κ1) is 13.7. The van der Waals surface area contributed by atoms with Gasteiger partial charge in [-0.3, -0.25) is 10.8 Å². The van der Waals surface area contributed by atoms with E-state index in [2.05, 4.69) is 50.6 Å². The Morgan fingerprint density at radius 1 is 1.20 bits per heavy atom. The van der Waals surface area contributed by atoms with Crippen LogP contribution in [0.3, 0.4) is 0 Å². The zero-order valence-electron chi connectivity index (χ0n) is 11.2. The summed E-state index contributed by atoms with van der Waals surface area (Å²) in [5.41, 5.74) is 6.50. The first-order valence-corrected chi connectivity index (χ1v) is 7.76.